The van der Waals surface area contributed by atoms with Gasteiger partial charge >= 0.3 is 6.36 Å². The van der Waals surface area contributed by atoms with Gasteiger partial charge in [0.15, 0.2) is 6.61 Å². The van der Waals surface area contributed by atoms with Crippen LogP contribution >= 0.6 is 11.3 Å². The minimum Gasteiger partial charge on any atom is -0.494 e. The van der Waals surface area contributed by atoms with Crippen LogP contribution in [0, 0.1) is 0 Å². The molecule has 0 fully saturated rings. The Labute approximate surface area is 209 Å². The summed E-state index contributed by atoms with van der Waals surface area (Å²) in [5, 5.41) is 7.57. The van der Waals surface area contributed by atoms with E-state index in [1.807, 2.05) is 31.2 Å². The molecule has 8 nitrogen and oxygen atoms in total. The van der Waals surface area contributed by atoms with Crippen molar-refractivity contribution in [3.05, 3.63) is 70.2 Å². The molecule has 0 radical (unpaired) electrons. The van der Waals surface area contributed by atoms with E-state index in [4.69, 9.17) is 9.47 Å². The van der Waals surface area contributed by atoms with E-state index in [0.29, 0.717) is 24.6 Å². The molecule has 1 aromatic heterocycles. The van der Waals surface area contributed by atoms with Gasteiger partial charge in [-0.25, -0.2) is 4.98 Å². The summed E-state index contributed by atoms with van der Waals surface area (Å²) in [5.41, 5.74) is 1.24. The van der Waals surface area contributed by atoms with Crippen LogP contribution in [0.5, 0.6) is 17.2 Å². The number of carbonyl (C=O) groups is 2. The highest BCUT2D eigenvalue weighted by molar-refractivity contribution is 7.09. The zero-order valence-electron chi connectivity index (χ0n) is 19.3. The van der Waals surface area contributed by atoms with Crippen molar-refractivity contribution in [2.45, 2.75) is 26.3 Å². The lowest BCUT2D eigenvalue weighted by Gasteiger charge is -2.10. The number of halogens is 3. The zero-order valence-corrected chi connectivity index (χ0v) is 20.1. The molecule has 0 saturated heterocycles. The first-order valence-electron chi connectivity index (χ1n) is 10.9. The van der Waals surface area contributed by atoms with Crippen LogP contribution in [0.2, 0.25) is 0 Å². The van der Waals surface area contributed by atoms with Crippen molar-refractivity contribution in [2.24, 2.45) is 0 Å². The number of ether oxygens (including phenoxy) is 3. The van der Waals surface area contributed by atoms with Gasteiger partial charge in [0.05, 0.1) is 13.2 Å². The third-order valence-corrected chi connectivity index (χ3v) is 5.45. The van der Waals surface area contributed by atoms with Gasteiger partial charge in [-0.15, -0.1) is 24.5 Å². The van der Waals surface area contributed by atoms with E-state index in [0.717, 1.165) is 23.4 Å². The van der Waals surface area contributed by atoms with E-state index in [1.165, 1.54) is 23.5 Å². The highest BCUT2D eigenvalue weighted by Gasteiger charge is 2.31. The first-order chi connectivity index (χ1) is 17.2. The third kappa shape index (κ3) is 8.77. The highest BCUT2D eigenvalue weighted by Crippen LogP contribution is 2.24. The molecule has 0 aliphatic rings. The molecule has 0 unspecified atom stereocenters. The lowest BCUT2D eigenvalue weighted by atomic mass is 10.1. The van der Waals surface area contributed by atoms with Gasteiger partial charge in [-0.1, -0.05) is 18.2 Å². The fourth-order valence-corrected chi connectivity index (χ4v) is 3.73. The predicted molar refractivity (Wildman–Crippen MR) is 126 cm³/mol. The summed E-state index contributed by atoms with van der Waals surface area (Å²) in [5.74, 6) is -0.175. The predicted octanol–water partition coefficient (Wildman–Crippen LogP) is 4.11. The molecule has 0 atom stereocenters. The Bertz CT molecular complexity index is 1150. The van der Waals surface area contributed by atoms with E-state index < -0.39 is 18.0 Å². The second kappa shape index (κ2) is 12.8. The van der Waals surface area contributed by atoms with Crippen molar-refractivity contribution < 1.29 is 37.0 Å². The average molecular weight is 524 g/mol. The fourth-order valence-electron chi connectivity index (χ4n) is 3.02. The molecule has 2 aromatic carbocycles. The van der Waals surface area contributed by atoms with Gasteiger partial charge in [0, 0.05) is 11.9 Å². The molecule has 0 aliphatic carbocycles. The van der Waals surface area contributed by atoms with E-state index in [2.05, 4.69) is 20.4 Å². The molecule has 0 saturated carbocycles. The van der Waals surface area contributed by atoms with E-state index in [9.17, 15) is 22.8 Å². The van der Waals surface area contributed by atoms with Crippen LogP contribution in [0.3, 0.4) is 0 Å². The lowest BCUT2D eigenvalue weighted by Crippen LogP contribution is -2.28. The molecule has 3 aromatic rings. The average Bonchev–Trinajstić information content (AvgIpc) is 3.32. The van der Waals surface area contributed by atoms with Crippen molar-refractivity contribution in [1.82, 2.24) is 15.6 Å². The second-order valence-corrected chi connectivity index (χ2v) is 8.20. The largest absolute Gasteiger partial charge is 0.573 e. The Hall–Kier alpha value is -3.80. The number of hydrogen-bond donors (Lipinski definition) is 2. The normalized spacial score (nSPS) is 11.0. The van der Waals surface area contributed by atoms with Gasteiger partial charge < -0.3 is 24.8 Å². The third-order valence-electron chi connectivity index (χ3n) is 4.60. The second-order valence-electron chi connectivity index (χ2n) is 7.26. The molecule has 0 bridgehead atoms. The Morgan fingerprint density at radius 1 is 1.00 bits per heavy atom. The van der Waals surface area contributed by atoms with Crippen molar-refractivity contribution in [1.29, 1.82) is 0 Å². The van der Waals surface area contributed by atoms with Gasteiger partial charge in [0.25, 0.3) is 11.8 Å². The van der Waals surface area contributed by atoms with Crippen molar-refractivity contribution in [2.75, 3.05) is 19.8 Å². The first kappa shape index (κ1) is 26.8. The number of thiazole rings is 1. The number of aromatic nitrogens is 1. The summed E-state index contributed by atoms with van der Waals surface area (Å²) in [6, 6.07) is 12.3. The van der Waals surface area contributed by atoms with Crippen LogP contribution in [0.25, 0.3) is 0 Å². The molecular formula is C24H24F3N3O5S. The van der Waals surface area contributed by atoms with Gasteiger partial charge in [-0.2, -0.15) is 0 Å². The number of nitrogens with zero attached hydrogens (tertiary/aromatic N) is 1. The summed E-state index contributed by atoms with van der Waals surface area (Å²) in [4.78, 5) is 28.6. The van der Waals surface area contributed by atoms with Gasteiger partial charge in [0.2, 0.25) is 0 Å². The van der Waals surface area contributed by atoms with E-state index in [-0.39, 0.29) is 30.5 Å². The SMILES string of the molecule is CCOc1ccccc1CCNC(=O)c1csc(CNC(=O)COc2ccc(OC(F)(F)F)cc2)n1. The topological polar surface area (TPSA) is 98.8 Å². The number of para-hydroxylation sites is 1. The summed E-state index contributed by atoms with van der Waals surface area (Å²) in [6.45, 7) is 2.63. The number of rotatable bonds is 12. The van der Waals surface area contributed by atoms with Gasteiger partial charge in [-0.05, 0) is 49.2 Å². The van der Waals surface area contributed by atoms with Crippen LogP contribution in [-0.4, -0.2) is 42.9 Å². The molecule has 192 valence electrons. The van der Waals surface area contributed by atoms with Crippen LogP contribution < -0.4 is 24.8 Å². The number of nitrogens with one attached hydrogen (secondary N) is 2. The number of amides is 2. The highest BCUT2D eigenvalue weighted by atomic mass is 32.1. The van der Waals surface area contributed by atoms with E-state index in [1.54, 1.807) is 5.38 Å². The monoisotopic (exact) mass is 523 g/mol. The Kier molecular flexibility index (Phi) is 9.51. The zero-order chi connectivity index (χ0) is 26.0. The first-order valence-corrected chi connectivity index (χ1v) is 11.8. The standard InChI is InChI=1S/C24H24F3N3O5S/c1-2-33-20-6-4-3-5-16(20)11-12-28-23(32)19-15-36-22(30-19)13-29-21(31)14-34-17-7-9-18(10-8-17)35-24(25,26)27/h3-10,15H,2,11-14H2,1H3,(H,28,32)(H,29,31). The molecular weight excluding hydrogens is 499 g/mol. The molecule has 0 aliphatic heterocycles. The number of carbonyl (C=O) groups excluding carboxylic acids is 2. The molecule has 12 heteroatoms. The maximum Gasteiger partial charge on any atom is 0.573 e. The van der Waals surface area contributed by atoms with Crippen LogP contribution in [0.1, 0.15) is 28.0 Å². The number of benzene rings is 2. The van der Waals surface area contributed by atoms with Crippen molar-refractivity contribution in [3.63, 3.8) is 0 Å². The van der Waals surface area contributed by atoms with Gasteiger partial charge in [-0.3, -0.25) is 9.59 Å². The summed E-state index contributed by atoms with van der Waals surface area (Å²) >= 11 is 1.23. The molecule has 3 rings (SSSR count). The maximum absolute atomic E-state index is 12.4. The molecule has 0 spiro atoms. The van der Waals surface area contributed by atoms with Crippen molar-refractivity contribution in [3.8, 4) is 17.2 Å². The van der Waals surface area contributed by atoms with Crippen LogP contribution in [-0.2, 0) is 17.8 Å². The van der Waals surface area contributed by atoms with Gasteiger partial charge in [0.1, 0.15) is 28.0 Å². The lowest BCUT2D eigenvalue weighted by molar-refractivity contribution is -0.274. The van der Waals surface area contributed by atoms with Crippen LogP contribution in [0.4, 0.5) is 13.2 Å². The van der Waals surface area contributed by atoms with Crippen molar-refractivity contribution >= 4 is 23.2 Å². The minimum atomic E-state index is -4.78. The quantitative estimate of drug-likeness (QED) is 0.371. The summed E-state index contributed by atoms with van der Waals surface area (Å²) in [7, 11) is 0. The molecule has 36 heavy (non-hydrogen) atoms. The molecule has 2 N–H and O–H groups in total. The Morgan fingerprint density at radius 2 is 1.72 bits per heavy atom. The fraction of sp³-hybridized carbons (Fsp3) is 0.292. The minimum absolute atomic E-state index is 0.0975. The summed E-state index contributed by atoms with van der Waals surface area (Å²) in [6.07, 6.45) is -4.18. The van der Waals surface area contributed by atoms with E-state index >= 15 is 0 Å². The maximum atomic E-state index is 12.4. The molecule has 2 amide bonds. The smallest absolute Gasteiger partial charge is 0.494 e. The van der Waals surface area contributed by atoms with Crippen LogP contribution in [0.15, 0.2) is 53.9 Å². The number of hydrogen-bond acceptors (Lipinski definition) is 7. The summed E-state index contributed by atoms with van der Waals surface area (Å²) < 4.78 is 51.2. The Balaban J connectivity index is 1.38. The Morgan fingerprint density at radius 3 is 2.44 bits per heavy atom. The molecule has 1 heterocycles. The number of alkyl halides is 3.